The molecule has 2 aromatic rings. The maximum absolute atomic E-state index is 4.62. The third-order valence-corrected chi connectivity index (χ3v) is 4.01. The fourth-order valence-corrected chi connectivity index (χ4v) is 2.91. The molecule has 2 aromatic heterocycles. The Hall–Kier alpha value is -1.49. The van der Waals surface area contributed by atoms with Gasteiger partial charge in [-0.3, -0.25) is 0 Å². The van der Waals surface area contributed by atoms with E-state index in [-0.39, 0.29) is 0 Å². The van der Waals surface area contributed by atoms with E-state index in [9.17, 15) is 0 Å². The molecular weight excluding hydrogens is 256 g/mol. The molecule has 102 valence electrons. The minimum atomic E-state index is 0.708. The van der Waals surface area contributed by atoms with Gasteiger partial charge in [0.1, 0.15) is 0 Å². The first-order valence-electron chi connectivity index (χ1n) is 6.63. The van der Waals surface area contributed by atoms with Crippen LogP contribution >= 0.6 is 11.3 Å². The van der Waals surface area contributed by atoms with Crippen molar-refractivity contribution >= 4 is 17.3 Å². The van der Waals surface area contributed by atoms with Crippen molar-refractivity contribution in [1.82, 2.24) is 15.2 Å². The first kappa shape index (κ1) is 13.9. The molecule has 2 heterocycles. The molecule has 0 saturated carbocycles. The SMILES string of the molecule is CCc1nnc(N(C)Cc2ccc(C)s2)nc1CC. The predicted octanol–water partition coefficient (Wildman–Crippen LogP) is 3.00. The summed E-state index contributed by atoms with van der Waals surface area (Å²) in [4.78, 5) is 9.33. The monoisotopic (exact) mass is 276 g/mol. The molecule has 0 aromatic carbocycles. The Labute approximate surface area is 118 Å². The van der Waals surface area contributed by atoms with Gasteiger partial charge in [-0.2, -0.15) is 5.10 Å². The van der Waals surface area contributed by atoms with E-state index in [1.807, 2.05) is 18.4 Å². The highest BCUT2D eigenvalue weighted by Crippen LogP contribution is 2.18. The van der Waals surface area contributed by atoms with Crippen molar-refractivity contribution in [3.8, 4) is 0 Å². The van der Waals surface area contributed by atoms with Gasteiger partial charge in [-0.1, -0.05) is 13.8 Å². The van der Waals surface area contributed by atoms with Gasteiger partial charge < -0.3 is 4.90 Å². The smallest absolute Gasteiger partial charge is 0.245 e. The largest absolute Gasteiger partial charge is 0.337 e. The topological polar surface area (TPSA) is 41.9 Å². The predicted molar refractivity (Wildman–Crippen MR) is 79.7 cm³/mol. The summed E-state index contributed by atoms with van der Waals surface area (Å²) in [5.41, 5.74) is 2.06. The summed E-state index contributed by atoms with van der Waals surface area (Å²) in [5, 5.41) is 8.52. The highest BCUT2D eigenvalue weighted by molar-refractivity contribution is 7.11. The maximum Gasteiger partial charge on any atom is 0.245 e. The van der Waals surface area contributed by atoms with Crippen LogP contribution in [0, 0.1) is 6.92 Å². The lowest BCUT2D eigenvalue weighted by Crippen LogP contribution is -2.20. The van der Waals surface area contributed by atoms with E-state index in [4.69, 9.17) is 0 Å². The molecule has 0 N–H and O–H groups in total. The average Bonchev–Trinajstić information content (AvgIpc) is 2.83. The van der Waals surface area contributed by atoms with Gasteiger partial charge in [0.2, 0.25) is 5.95 Å². The minimum absolute atomic E-state index is 0.708. The Morgan fingerprint density at radius 3 is 2.42 bits per heavy atom. The summed E-state index contributed by atoms with van der Waals surface area (Å²) < 4.78 is 0. The maximum atomic E-state index is 4.62. The second-order valence-corrected chi connectivity index (χ2v) is 5.95. The first-order valence-corrected chi connectivity index (χ1v) is 7.44. The van der Waals surface area contributed by atoms with Crippen LogP contribution in [0.2, 0.25) is 0 Å². The second kappa shape index (κ2) is 6.10. The molecule has 0 aliphatic carbocycles. The fraction of sp³-hybridized carbons (Fsp3) is 0.500. The van der Waals surface area contributed by atoms with E-state index in [1.54, 1.807) is 0 Å². The van der Waals surface area contributed by atoms with Gasteiger partial charge in [0.15, 0.2) is 0 Å². The van der Waals surface area contributed by atoms with Gasteiger partial charge in [-0.05, 0) is 31.9 Å². The molecule has 0 atom stereocenters. The lowest BCUT2D eigenvalue weighted by atomic mass is 10.2. The lowest BCUT2D eigenvalue weighted by Gasteiger charge is -2.16. The van der Waals surface area contributed by atoms with E-state index in [0.29, 0.717) is 5.95 Å². The highest BCUT2D eigenvalue weighted by Gasteiger charge is 2.11. The Balaban J connectivity index is 2.16. The van der Waals surface area contributed by atoms with Crippen molar-refractivity contribution in [2.45, 2.75) is 40.2 Å². The van der Waals surface area contributed by atoms with Crippen molar-refractivity contribution < 1.29 is 0 Å². The number of anilines is 1. The van der Waals surface area contributed by atoms with Crippen LogP contribution in [0.5, 0.6) is 0 Å². The third kappa shape index (κ3) is 3.29. The van der Waals surface area contributed by atoms with Gasteiger partial charge >= 0.3 is 0 Å². The normalized spacial score (nSPS) is 10.7. The number of hydrogen-bond acceptors (Lipinski definition) is 5. The van der Waals surface area contributed by atoms with Gasteiger partial charge in [-0.25, -0.2) is 4.98 Å². The van der Waals surface area contributed by atoms with E-state index < -0.39 is 0 Å². The zero-order valence-corrected chi connectivity index (χ0v) is 12.8. The molecule has 0 aliphatic rings. The van der Waals surface area contributed by atoms with Crippen molar-refractivity contribution in [2.75, 3.05) is 11.9 Å². The van der Waals surface area contributed by atoms with Crippen LogP contribution in [0.25, 0.3) is 0 Å². The van der Waals surface area contributed by atoms with Crippen molar-refractivity contribution in [1.29, 1.82) is 0 Å². The van der Waals surface area contributed by atoms with Crippen LogP contribution < -0.4 is 4.90 Å². The Morgan fingerprint density at radius 2 is 1.84 bits per heavy atom. The van der Waals surface area contributed by atoms with Gasteiger partial charge in [0.05, 0.1) is 17.9 Å². The van der Waals surface area contributed by atoms with Crippen LogP contribution in [0.3, 0.4) is 0 Å². The molecule has 0 spiro atoms. The molecule has 0 fully saturated rings. The van der Waals surface area contributed by atoms with Crippen LogP contribution in [0.4, 0.5) is 5.95 Å². The van der Waals surface area contributed by atoms with Crippen LogP contribution in [-0.2, 0) is 19.4 Å². The van der Waals surface area contributed by atoms with Gasteiger partial charge in [-0.15, -0.1) is 16.4 Å². The number of hydrogen-bond donors (Lipinski definition) is 0. The summed E-state index contributed by atoms with van der Waals surface area (Å²) >= 11 is 1.81. The Kier molecular flexibility index (Phi) is 4.47. The summed E-state index contributed by atoms with van der Waals surface area (Å²) in [7, 11) is 2.01. The van der Waals surface area contributed by atoms with Crippen LogP contribution in [0.1, 0.15) is 35.0 Å². The summed E-state index contributed by atoms with van der Waals surface area (Å²) in [6, 6.07) is 4.30. The molecule has 0 bridgehead atoms. The number of thiophene rings is 1. The zero-order valence-electron chi connectivity index (χ0n) is 12.0. The molecular formula is C14H20N4S. The second-order valence-electron chi connectivity index (χ2n) is 4.58. The summed E-state index contributed by atoms with van der Waals surface area (Å²) in [5.74, 6) is 0.708. The van der Waals surface area contributed by atoms with Crippen LogP contribution in [-0.4, -0.2) is 22.2 Å². The van der Waals surface area contributed by atoms with Crippen LogP contribution in [0.15, 0.2) is 12.1 Å². The molecule has 2 rings (SSSR count). The summed E-state index contributed by atoms with van der Waals surface area (Å²) in [6.07, 6.45) is 1.79. The summed E-state index contributed by atoms with van der Waals surface area (Å²) in [6.45, 7) is 7.14. The molecule has 0 aliphatic heterocycles. The fourth-order valence-electron chi connectivity index (χ4n) is 1.96. The van der Waals surface area contributed by atoms with Gasteiger partial charge in [0.25, 0.3) is 0 Å². The van der Waals surface area contributed by atoms with Crippen molar-refractivity contribution in [2.24, 2.45) is 0 Å². The number of rotatable bonds is 5. The van der Waals surface area contributed by atoms with E-state index in [1.165, 1.54) is 9.75 Å². The lowest BCUT2D eigenvalue weighted by molar-refractivity contribution is 0.775. The first-order chi connectivity index (χ1) is 9.13. The standard InChI is InChI=1S/C14H20N4S/c1-5-12-13(6-2)16-17-14(15-12)18(4)9-11-8-7-10(3)19-11/h7-8H,5-6,9H2,1-4H3. The van der Waals surface area contributed by atoms with E-state index in [0.717, 1.165) is 30.8 Å². The zero-order chi connectivity index (χ0) is 13.8. The molecule has 5 heteroatoms. The Bertz CT molecular complexity index is 550. The molecule has 19 heavy (non-hydrogen) atoms. The molecule has 0 radical (unpaired) electrons. The van der Waals surface area contributed by atoms with Gasteiger partial charge in [0, 0.05) is 16.8 Å². The van der Waals surface area contributed by atoms with Crippen molar-refractivity contribution in [3.63, 3.8) is 0 Å². The number of nitrogens with zero attached hydrogens (tertiary/aromatic N) is 4. The molecule has 0 saturated heterocycles. The Morgan fingerprint density at radius 1 is 1.11 bits per heavy atom. The highest BCUT2D eigenvalue weighted by atomic mass is 32.1. The van der Waals surface area contributed by atoms with E-state index in [2.05, 4.69) is 53.0 Å². The minimum Gasteiger partial charge on any atom is -0.337 e. The van der Waals surface area contributed by atoms with Crippen molar-refractivity contribution in [3.05, 3.63) is 33.3 Å². The molecule has 4 nitrogen and oxygen atoms in total. The van der Waals surface area contributed by atoms with E-state index >= 15 is 0 Å². The molecule has 0 unspecified atom stereocenters. The quantitative estimate of drug-likeness (QED) is 0.842. The third-order valence-electron chi connectivity index (χ3n) is 3.03. The average molecular weight is 276 g/mol. The number of aromatic nitrogens is 3. The molecule has 0 amide bonds. The number of aryl methyl sites for hydroxylation is 3.